The van der Waals surface area contributed by atoms with Crippen molar-refractivity contribution in [2.75, 3.05) is 26.0 Å². The lowest BCUT2D eigenvalue weighted by molar-refractivity contribution is 0.0447. The summed E-state index contributed by atoms with van der Waals surface area (Å²) in [5.41, 5.74) is 1.41. The van der Waals surface area contributed by atoms with E-state index in [2.05, 4.69) is 4.98 Å². The first kappa shape index (κ1) is 14.0. The number of rotatable bonds is 2. The van der Waals surface area contributed by atoms with Gasteiger partial charge in [-0.15, -0.1) is 11.8 Å². The number of carbonyl (C=O) groups excluding carboxylic acids is 1. The first-order chi connectivity index (χ1) is 10.7. The Hall–Kier alpha value is -1.59. The van der Waals surface area contributed by atoms with Crippen LogP contribution in [0.4, 0.5) is 0 Å². The van der Waals surface area contributed by atoms with Gasteiger partial charge in [0.2, 0.25) is 0 Å². The van der Waals surface area contributed by atoms with Gasteiger partial charge in [-0.2, -0.15) is 0 Å². The molecule has 1 spiro atoms. The van der Waals surface area contributed by atoms with Crippen LogP contribution in [0.2, 0.25) is 0 Å². The van der Waals surface area contributed by atoms with Crippen LogP contribution in [0.5, 0.6) is 0 Å². The molecule has 4 nitrogen and oxygen atoms in total. The average molecular weight is 314 g/mol. The Morgan fingerprint density at radius 1 is 1.32 bits per heavy atom. The number of hydrogen-bond donors (Lipinski definition) is 0. The quantitative estimate of drug-likeness (QED) is 0.854. The van der Waals surface area contributed by atoms with Crippen LogP contribution in [0, 0.1) is 0 Å². The predicted octanol–water partition coefficient (Wildman–Crippen LogP) is 2.58. The van der Waals surface area contributed by atoms with Crippen molar-refractivity contribution in [3.05, 3.63) is 42.1 Å². The zero-order valence-corrected chi connectivity index (χ0v) is 13.3. The van der Waals surface area contributed by atoms with Crippen molar-refractivity contribution in [2.24, 2.45) is 0 Å². The van der Waals surface area contributed by atoms with Crippen molar-refractivity contribution >= 4 is 28.6 Å². The van der Waals surface area contributed by atoms with Gasteiger partial charge in [0.25, 0.3) is 5.91 Å². The Kier molecular flexibility index (Phi) is 3.35. The van der Waals surface area contributed by atoms with Crippen molar-refractivity contribution in [3.63, 3.8) is 0 Å². The summed E-state index contributed by atoms with van der Waals surface area (Å²) in [6, 6.07) is 11.7. The van der Waals surface area contributed by atoms with Gasteiger partial charge in [-0.25, -0.2) is 4.98 Å². The smallest absolute Gasteiger partial charge is 0.272 e. The third-order valence-corrected chi connectivity index (χ3v) is 6.15. The van der Waals surface area contributed by atoms with Crippen molar-refractivity contribution in [2.45, 2.75) is 17.3 Å². The van der Waals surface area contributed by atoms with E-state index in [0.29, 0.717) is 11.8 Å². The van der Waals surface area contributed by atoms with Gasteiger partial charge < -0.3 is 9.64 Å². The summed E-state index contributed by atoms with van der Waals surface area (Å²) in [5.74, 6) is 1.07. The molecule has 0 radical (unpaired) electrons. The molecule has 1 atom stereocenters. The van der Waals surface area contributed by atoms with Gasteiger partial charge in [-0.3, -0.25) is 4.79 Å². The normalized spacial score (nSPS) is 23.0. The number of para-hydroxylation sites is 1. The molecule has 4 rings (SSSR count). The lowest BCUT2D eigenvalue weighted by atomic mass is 9.92. The van der Waals surface area contributed by atoms with Crippen LogP contribution < -0.4 is 0 Å². The molecular formula is C17H18N2O2S. The minimum Gasteiger partial charge on any atom is -0.381 e. The Morgan fingerprint density at radius 3 is 2.91 bits per heavy atom. The topological polar surface area (TPSA) is 42.4 Å². The number of benzene rings is 1. The number of fused-ring (bicyclic) bond motifs is 1. The highest BCUT2D eigenvalue weighted by Gasteiger charge is 2.50. The van der Waals surface area contributed by atoms with Gasteiger partial charge in [0, 0.05) is 31.3 Å². The lowest BCUT2D eigenvalue weighted by Crippen LogP contribution is -2.60. The van der Waals surface area contributed by atoms with Crippen LogP contribution in [0.1, 0.15) is 16.9 Å². The molecule has 1 amide bonds. The largest absolute Gasteiger partial charge is 0.381 e. The Bertz CT molecular complexity index is 727. The summed E-state index contributed by atoms with van der Waals surface area (Å²) in [6.07, 6.45) is 1.38. The van der Waals surface area contributed by atoms with Crippen LogP contribution in [-0.4, -0.2) is 52.6 Å². The molecule has 2 aliphatic heterocycles. The molecule has 2 aromatic rings. The standard InChI is InChI=1S/C17H18N2O2S/c1-21-13-8-17(22-9-13)10-19(11-17)16(20)15-7-6-12-4-2-3-5-14(12)18-15/h2-7,13H,8-11H2,1H3/t13-/m0/s1. The van der Waals surface area contributed by atoms with Crippen molar-refractivity contribution < 1.29 is 9.53 Å². The summed E-state index contributed by atoms with van der Waals surface area (Å²) >= 11 is 1.94. The first-order valence-electron chi connectivity index (χ1n) is 7.51. The highest BCUT2D eigenvalue weighted by Crippen LogP contribution is 2.46. The maximum Gasteiger partial charge on any atom is 0.272 e. The minimum absolute atomic E-state index is 0.0397. The zero-order chi connectivity index (χ0) is 15.2. The Morgan fingerprint density at radius 2 is 2.14 bits per heavy atom. The summed E-state index contributed by atoms with van der Waals surface area (Å²) in [6.45, 7) is 1.62. The highest BCUT2D eigenvalue weighted by molar-refractivity contribution is 8.01. The van der Waals surface area contributed by atoms with Crippen LogP contribution >= 0.6 is 11.8 Å². The fourth-order valence-electron chi connectivity index (χ4n) is 3.31. The van der Waals surface area contributed by atoms with E-state index in [0.717, 1.165) is 36.2 Å². The van der Waals surface area contributed by atoms with E-state index in [1.807, 2.05) is 53.1 Å². The second kappa shape index (κ2) is 5.25. The molecule has 1 aromatic carbocycles. The van der Waals surface area contributed by atoms with E-state index in [1.165, 1.54) is 0 Å². The number of methoxy groups -OCH3 is 1. The Labute approximate surface area is 133 Å². The maximum atomic E-state index is 12.6. The van der Waals surface area contributed by atoms with Crippen molar-refractivity contribution in [1.82, 2.24) is 9.88 Å². The number of nitrogens with zero attached hydrogens (tertiary/aromatic N) is 2. The van der Waals surface area contributed by atoms with Gasteiger partial charge in [-0.1, -0.05) is 24.3 Å². The predicted molar refractivity (Wildman–Crippen MR) is 88.2 cm³/mol. The van der Waals surface area contributed by atoms with Crippen molar-refractivity contribution in [1.29, 1.82) is 0 Å². The monoisotopic (exact) mass is 314 g/mol. The molecule has 0 N–H and O–H groups in total. The summed E-state index contributed by atoms with van der Waals surface area (Å²) in [7, 11) is 1.77. The summed E-state index contributed by atoms with van der Waals surface area (Å²) < 4.78 is 5.65. The maximum absolute atomic E-state index is 12.6. The first-order valence-corrected chi connectivity index (χ1v) is 8.49. The molecule has 114 valence electrons. The number of hydrogen-bond acceptors (Lipinski definition) is 4. The number of pyridine rings is 1. The summed E-state index contributed by atoms with van der Waals surface area (Å²) in [5, 5.41) is 1.06. The van der Waals surface area contributed by atoms with Gasteiger partial charge in [-0.05, 0) is 18.6 Å². The third-order valence-electron chi connectivity index (χ3n) is 4.57. The number of thioether (sulfide) groups is 1. The molecule has 1 aromatic heterocycles. The van der Waals surface area contributed by atoms with Gasteiger partial charge >= 0.3 is 0 Å². The van der Waals surface area contributed by atoms with Crippen LogP contribution in [0.15, 0.2) is 36.4 Å². The molecule has 22 heavy (non-hydrogen) atoms. The zero-order valence-electron chi connectivity index (χ0n) is 12.5. The molecule has 0 unspecified atom stereocenters. The van der Waals surface area contributed by atoms with Crippen LogP contribution in [0.3, 0.4) is 0 Å². The number of amides is 1. The molecule has 2 aliphatic rings. The van der Waals surface area contributed by atoms with E-state index in [4.69, 9.17) is 4.74 Å². The van der Waals surface area contributed by atoms with E-state index >= 15 is 0 Å². The molecule has 0 aliphatic carbocycles. The molecule has 2 fully saturated rings. The average Bonchev–Trinajstić information content (AvgIpc) is 2.97. The molecule has 2 saturated heterocycles. The van der Waals surface area contributed by atoms with Crippen LogP contribution in [0.25, 0.3) is 10.9 Å². The molecule has 0 bridgehead atoms. The molecular weight excluding hydrogens is 296 g/mol. The number of carbonyl (C=O) groups is 1. The molecule has 5 heteroatoms. The van der Waals surface area contributed by atoms with Crippen molar-refractivity contribution in [3.8, 4) is 0 Å². The van der Waals surface area contributed by atoms with Crippen LogP contribution in [-0.2, 0) is 4.74 Å². The molecule has 0 saturated carbocycles. The second-order valence-electron chi connectivity index (χ2n) is 6.11. The highest BCUT2D eigenvalue weighted by atomic mass is 32.2. The lowest BCUT2D eigenvalue weighted by Gasteiger charge is -2.47. The number of likely N-dealkylation sites (tertiary alicyclic amines) is 1. The van der Waals surface area contributed by atoms with Gasteiger partial charge in [0.1, 0.15) is 5.69 Å². The SMILES string of the molecule is CO[C@@H]1CSC2(C1)CN(C(=O)c1ccc3ccccc3n1)C2. The molecule has 3 heterocycles. The third kappa shape index (κ3) is 2.29. The van der Waals surface area contributed by atoms with E-state index in [1.54, 1.807) is 7.11 Å². The van der Waals surface area contributed by atoms with Gasteiger partial charge in [0.15, 0.2) is 0 Å². The summed E-state index contributed by atoms with van der Waals surface area (Å²) in [4.78, 5) is 19.0. The van der Waals surface area contributed by atoms with Gasteiger partial charge in [0.05, 0.1) is 16.4 Å². The fraction of sp³-hybridized carbons (Fsp3) is 0.412. The van der Waals surface area contributed by atoms with E-state index in [9.17, 15) is 4.79 Å². The van der Waals surface area contributed by atoms with E-state index in [-0.39, 0.29) is 10.7 Å². The number of aromatic nitrogens is 1. The minimum atomic E-state index is 0.0397. The fourth-order valence-corrected chi connectivity index (χ4v) is 4.91. The Balaban J connectivity index is 1.48. The van der Waals surface area contributed by atoms with E-state index < -0.39 is 0 Å². The second-order valence-corrected chi connectivity index (χ2v) is 7.59. The number of ether oxygens (including phenoxy) is 1.